The molecule has 0 aromatic heterocycles. The lowest BCUT2D eigenvalue weighted by molar-refractivity contribution is 0.174. The van der Waals surface area contributed by atoms with Gasteiger partial charge in [0.2, 0.25) is 0 Å². The summed E-state index contributed by atoms with van der Waals surface area (Å²) < 4.78 is 0. The lowest BCUT2D eigenvalue weighted by atomic mass is 10.00. The van der Waals surface area contributed by atoms with Crippen molar-refractivity contribution in [2.24, 2.45) is 11.7 Å². The molecule has 0 bridgehead atoms. The smallest absolute Gasteiger partial charge is 0.317 e. The maximum absolute atomic E-state index is 11.7. The number of nitrogens with two attached hydrogens (primary N) is 1. The van der Waals surface area contributed by atoms with Gasteiger partial charge >= 0.3 is 6.03 Å². The molecule has 0 spiro atoms. The van der Waals surface area contributed by atoms with Crippen LogP contribution >= 0.6 is 12.2 Å². The Morgan fingerprint density at radius 2 is 2.12 bits per heavy atom. The van der Waals surface area contributed by atoms with Crippen molar-refractivity contribution in [2.45, 2.75) is 32.6 Å². The fourth-order valence-electron chi connectivity index (χ4n) is 1.78. The van der Waals surface area contributed by atoms with E-state index >= 15 is 0 Å². The molecule has 92 valence electrons. The average Bonchev–Trinajstić information content (AvgIpc) is 2.25. The summed E-state index contributed by atoms with van der Waals surface area (Å²) in [4.78, 5) is 14.1. The first-order valence-electron chi connectivity index (χ1n) is 5.90. The lowest BCUT2D eigenvalue weighted by Gasteiger charge is -2.30. The number of amides is 2. The molecule has 0 aliphatic carbocycles. The van der Waals surface area contributed by atoms with Gasteiger partial charge in [-0.3, -0.25) is 0 Å². The fourth-order valence-corrected chi connectivity index (χ4v) is 1.93. The Morgan fingerprint density at radius 1 is 1.50 bits per heavy atom. The average molecular weight is 243 g/mol. The number of nitrogens with one attached hydrogen (secondary N) is 1. The molecule has 3 N–H and O–H groups in total. The van der Waals surface area contributed by atoms with Crippen LogP contribution in [0.15, 0.2) is 0 Å². The Labute approximate surface area is 103 Å². The molecule has 0 aromatic carbocycles. The van der Waals surface area contributed by atoms with Crippen LogP contribution in [0.25, 0.3) is 0 Å². The van der Waals surface area contributed by atoms with Gasteiger partial charge in [0, 0.05) is 19.6 Å². The number of piperidine rings is 1. The highest BCUT2D eigenvalue weighted by Crippen LogP contribution is 2.15. The zero-order valence-electron chi connectivity index (χ0n) is 9.87. The van der Waals surface area contributed by atoms with Gasteiger partial charge < -0.3 is 16.0 Å². The van der Waals surface area contributed by atoms with Crippen LogP contribution in [0.4, 0.5) is 4.79 Å². The second-order valence-corrected chi connectivity index (χ2v) is 5.00. The topological polar surface area (TPSA) is 58.4 Å². The van der Waals surface area contributed by atoms with E-state index in [-0.39, 0.29) is 6.03 Å². The van der Waals surface area contributed by atoms with Crippen LogP contribution in [0.2, 0.25) is 0 Å². The van der Waals surface area contributed by atoms with Crippen molar-refractivity contribution in [1.82, 2.24) is 10.2 Å². The summed E-state index contributed by atoms with van der Waals surface area (Å²) in [5.74, 6) is 0.749. The van der Waals surface area contributed by atoms with Crippen LogP contribution in [-0.4, -0.2) is 35.6 Å². The van der Waals surface area contributed by atoms with Crippen LogP contribution < -0.4 is 11.1 Å². The molecular weight excluding hydrogens is 222 g/mol. The molecule has 0 atom stereocenters. The molecule has 5 heteroatoms. The van der Waals surface area contributed by atoms with Crippen molar-refractivity contribution >= 4 is 23.2 Å². The molecule has 0 radical (unpaired) electrons. The highest BCUT2D eigenvalue weighted by molar-refractivity contribution is 7.80. The van der Waals surface area contributed by atoms with E-state index in [0.717, 1.165) is 38.3 Å². The van der Waals surface area contributed by atoms with Crippen molar-refractivity contribution in [3.63, 3.8) is 0 Å². The summed E-state index contributed by atoms with van der Waals surface area (Å²) >= 11 is 4.77. The first-order valence-corrected chi connectivity index (χ1v) is 6.31. The number of urea groups is 1. The van der Waals surface area contributed by atoms with E-state index in [1.54, 1.807) is 0 Å². The Hall–Kier alpha value is -0.840. The number of nitrogens with zero attached hydrogens (tertiary/aromatic N) is 1. The Kier molecular flexibility index (Phi) is 5.52. The SMILES string of the molecule is CC1CCN(C(=O)NCCCC(N)=S)CC1. The van der Waals surface area contributed by atoms with Crippen molar-refractivity contribution in [3.05, 3.63) is 0 Å². The lowest BCUT2D eigenvalue weighted by Crippen LogP contribution is -2.44. The third-order valence-corrected chi connectivity index (χ3v) is 3.15. The molecule has 1 saturated heterocycles. The van der Waals surface area contributed by atoms with Gasteiger partial charge in [-0.05, 0) is 31.6 Å². The van der Waals surface area contributed by atoms with Gasteiger partial charge in [0.05, 0.1) is 4.99 Å². The normalized spacial score (nSPS) is 17.2. The second-order valence-electron chi connectivity index (χ2n) is 4.47. The monoisotopic (exact) mass is 243 g/mol. The molecule has 0 aromatic rings. The van der Waals surface area contributed by atoms with Crippen LogP contribution in [0.1, 0.15) is 32.6 Å². The quantitative estimate of drug-likeness (QED) is 0.581. The van der Waals surface area contributed by atoms with Crippen molar-refractivity contribution < 1.29 is 4.79 Å². The zero-order chi connectivity index (χ0) is 12.0. The van der Waals surface area contributed by atoms with Gasteiger partial charge in [-0.1, -0.05) is 19.1 Å². The Balaban J connectivity index is 2.12. The van der Waals surface area contributed by atoms with Gasteiger partial charge in [-0.25, -0.2) is 4.79 Å². The predicted molar refractivity (Wildman–Crippen MR) is 69.4 cm³/mol. The highest BCUT2D eigenvalue weighted by Gasteiger charge is 2.19. The number of carbonyl (C=O) groups is 1. The number of hydrogen-bond acceptors (Lipinski definition) is 2. The number of hydrogen-bond donors (Lipinski definition) is 2. The van der Waals surface area contributed by atoms with Crippen LogP contribution in [0.5, 0.6) is 0 Å². The Bertz CT molecular complexity index is 250. The fraction of sp³-hybridized carbons (Fsp3) is 0.818. The van der Waals surface area contributed by atoms with Gasteiger partial charge in [0.1, 0.15) is 0 Å². The molecule has 16 heavy (non-hydrogen) atoms. The maximum Gasteiger partial charge on any atom is 0.317 e. The molecule has 1 aliphatic rings. The molecule has 4 nitrogen and oxygen atoms in total. The molecule has 2 amide bonds. The third-order valence-electron chi connectivity index (χ3n) is 2.95. The van der Waals surface area contributed by atoms with E-state index < -0.39 is 0 Å². The number of thiocarbonyl (C=S) groups is 1. The van der Waals surface area contributed by atoms with Gasteiger partial charge in [-0.15, -0.1) is 0 Å². The molecule has 0 unspecified atom stereocenters. The summed E-state index contributed by atoms with van der Waals surface area (Å²) in [6.45, 7) is 4.64. The van der Waals surface area contributed by atoms with Gasteiger partial charge in [0.15, 0.2) is 0 Å². The largest absolute Gasteiger partial charge is 0.393 e. The van der Waals surface area contributed by atoms with E-state index in [9.17, 15) is 4.79 Å². The molecule has 0 saturated carbocycles. The minimum atomic E-state index is 0.0508. The van der Waals surface area contributed by atoms with E-state index in [0.29, 0.717) is 18.0 Å². The molecule has 1 heterocycles. The van der Waals surface area contributed by atoms with E-state index in [2.05, 4.69) is 12.2 Å². The zero-order valence-corrected chi connectivity index (χ0v) is 10.7. The summed E-state index contributed by atoms with van der Waals surface area (Å²) in [5, 5.41) is 2.89. The minimum Gasteiger partial charge on any atom is -0.393 e. The highest BCUT2D eigenvalue weighted by atomic mass is 32.1. The first kappa shape index (κ1) is 13.2. The second kappa shape index (κ2) is 6.68. The number of likely N-dealkylation sites (tertiary alicyclic amines) is 1. The molecular formula is C11H21N3OS. The van der Waals surface area contributed by atoms with Crippen molar-refractivity contribution in [1.29, 1.82) is 0 Å². The predicted octanol–water partition coefficient (Wildman–Crippen LogP) is 1.49. The van der Waals surface area contributed by atoms with Crippen molar-refractivity contribution in [3.8, 4) is 0 Å². The number of carbonyl (C=O) groups excluding carboxylic acids is 1. The summed E-state index contributed by atoms with van der Waals surface area (Å²) in [6, 6.07) is 0.0508. The van der Waals surface area contributed by atoms with Gasteiger partial charge in [-0.2, -0.15) is 0 Å². The standard InChI is InChI=1S/C11H21N3OS/c1-9-4-7-14(8-5-9)11(15)13-6-2-3-10(12)16/h9H,2-8H2,1H3,(H2,12,16)(H,13,15). The van der Waals surface area contributed by atoms with Crippen molar-refractivity contribution in [2.75, 3.05) is 19.6 Å². The summed E-state index contributed by atoms with van der Waals surface area (Å²) in [6.07, 6.45) is 3.75. The molecule has 1 fully saturated rings. The molecule has 1 aliphatic heterocycles. The summed E-state index contributed by atoms with van der Waals surface area (Å²) in [7, 11) is 0. The third kappa shape index (κ3) is 4.79. The van der Waals surface area contributed by atoms with E-state index in [1.807, 2.05) is 4.90 Å². The Morgan fingerprint density at radius 3 is 2.69 bits per heavy atom. The molecule has 1 rings (SSSR count). The summed E-state index contributed by atoms with van der Waals surface area (Å²) in [5.41, 5.74) is 5.38. The maximum atomic E-state index is 11.7. The van der Waals surface area contributed by atoms with E-state index in [4.69, 9.17) is 18.0 Å². The number of rotatable bonds is 4. The van der Waals surface area contributed by atoms with Gasteiger partial charge in [0.25, 0.3) is 0 Å². The van der Waals surface area contributed by atoms with E-state index in [1.165, 1.54) is 0 Å². The van der Waals surface area contributed by atoms with Crippen LogP contribution in [-0.2, 0) is 0 Å². The first-order chi connectivity index (χ1) is 7.59. The minimum absolute atomic E-state index is 0.0508. The van der Waals surface area contributed by atoms with Crippen LogP contribution in [0, 0.1) is 5.92 Å². The van der Waals surface area contributed by atoms with Crippen LogP contribution in [0.3, 0.4) is 0 Å².